The number of carbonyl (C=O) groups excluding carboxylic acids is 2. The first-order valence-corrected chi connectivity index (χ1v) is 12.0. The first-order valence-electron chi connectivity index (χ1n) is 11.2. The van der Waals surface area contributed by atoms with Crippen molar-refractivity contribution in [1.29, 1.82) is 0 Å². The van der Waals surface area contributed by atoms with Crippen LogP contribution in [0.2, 0.25) is 0 Å². The summed E-state index contributed by atoms with van der Waals surface area (Å²) in [5.41, 5.74) is 0.494. The first-order chi connectivity index (χ1) is 15.3. The Morgan fingerprint density at radius 3 is 2.75 bits per heavy atom. The molecule has 2 aliphatic rings. The van der Waals surface area contributed by atoms with Crippen molar-refractivity contribution in [2.24, 2.45) is 5.41 Å². The van der Waals surface area contributed by atoms with E-state index < -0.39 is 29.1 Å². The van der Waals surface area contributed by atoms with Crippen LogP contribution in [-0.2, 0) is 29.4 Å². The summed E-state index contributed by atoms with van der Waals surface area (Å²) in [6.45, 7) is 6.92. The normalized spacial score (nSPS) is 27.0. The number of cyclic esters (lactones) is 2. The Balaban J connectivity index is 1.41. The number of aromatic nitrogens is 1. The zero-order chi connectivity index (χ0) is 22.8. The Hall–Kier alpha value is -2.45. The van der Waals surface area contributed by atoms with Crippen LogP contribution in [-0.4, -0.2) is 36.2 Å². The highest BCUT2D eigenvalue weighted by molar-refractivity contribution is 7.13. The van der Waals surface area contributed by atoms with E-state index in [-0.39, 0.29) is 12.8 Å². The Morgan fingerprint density at radius 1 is 1.22 bits per heavy atom. The van der Waals surface area contributed by atoms with E-state index >= 15 is 0 Å². The second kappa shape index (κ2) is 9.19. The number of esters is 2. The van der Waals surface area contributed by atoms with E-state index in [1.54, 1.807) is 0 Å². The number of nitrogens with one attached hydrogen (secondary N) is 1. The summed E-state index contributed by atoms with van der Waals surface area (Å²) in [6, 6.07) is 8.02. The first kappa shape index (κ1) is 22.7. The minimum Gasteiger partial charge on any atom is -0.459 e. The molecule has 172 valence electrons. The van der Waals surface area contributed by atoms with Gasteiger partial charge in [-0.05, 0) is 32.4 Å². The summed E-state index contributed by atoms with van der Waals surface area (Å²) in [7, 11) is 0. The molecule has 8 heteroatoms. The third-order valence-corrected chi connectivity index (χ3v) is 6.89. The van der Waals surface area contributed by atoms with Gasteiger partial charge in [0, 0.05) is 30.5 Å². The lowest BCUT2D eigenvalue weighted by molar-refractivity contribution is -0.160. The van der Waals surface area contributed by atoms with Gasteiger partial charge in [0.05, 0.1) is 12.3 Å². The minimum atomic E-state index is -1.28. The number of nitrogens with zero attached hydrogens (tertiary/aromatic N) is 1. The summed E-state index contributed by atoms with van der Waals surface area (Å²) in [4.78, 5) is 30.3. The fourth-order valence-corrected chi connectivity index (χ4v) is 5.17. The summed E-state index contributed by atoms with van der Waals surface area (Å²) < 4.78 is 16.9. The van der Waals surface area contributed by atoms with Gasteiger partial charge in [-0.2, -0.15) is 0 Å². The van der Waals surface area contributed by atoms with E-state index in [4.69, 9.17) is 14.2 Å². The lowest BCUT2D eigenvalue weighted by Gasteiger charge is -2.20. The van der Waals surface area contributed by atoms with Gasteiger partial charge in [-0.1, -0.05) is 37.5 Å². The van der Waals surface area contributed by atoms with Gasteiger partial charge in [0.1, 0.15) is 6.10 Å². The zero-order valence-electron chi connectivity index (χ0n) is 18.8. The summed E-state index contributed by atoms with van der Waals surface area (Å²) in [5.74, 6) is -1.04. The molecule has 4 rings (SSSR count). The van der Waals surface area contributed by atoms with Crippen molar-refractivity contribution >= 4 is 34.1 Å². The summed E-state index contributed by atoms with van der Waals surface area (Å²) >= 11 is 1.44. The van der Waals surface area contributed by atoms with Gasteiger partial charge in [-0.3, -0.25) is 9.59 Å². The monoisotopic (exact) mass is 458 g/mol. The molecule has 3 unspecified atom stereocenters. The number of hydrogen-bond acceptors (Lipinski definition) is 8. The predicted molar refractivity (Wildman–Crippen MR) is 122 cm³/mol. The third kappa shape index (κ3) is 4.52. The molecule has 32 heavy (non-hydrogen) atoms. The highest BCUT2D eigenvalue weighted by Gasteiger charge is 2.65. The molecule has 1 spiro atoms. The number of carbonyl (C=O) groups is 2. The molecular weight excluding hydrogens is 428 g/mol. The SMILES string of the molecule is CCCCCOCC1CC2(CC(C)(c3csc(Nc4ccc(C)cc4)n3)OC2=O)C(=O)O1. The zero-order valence-corrected chi connectivity index (χ0v) is 19.6. The lowest BCUT2D eigenvalue weighted by Crippen LogP contribution is -2.32. The van der Waals surface area contributed by atoms with Gasteiger partial charge in [0.2, 0.25) is 0 Å². The molecule has 3 atom stereocenters. The number of ether oxygens (including phenoxy) is 3. The van der Waals surface area contributed by atoms with Crippen molar-refractivity contribution in [3.05, 3.63) is 40.9 Å². The van der Waals surface area contributed by atoms with Gasteiger partial charge >= 0.3 is 11.9 Å². The lowest BCUT2D eigenvalue weighted by atomic mass is 9.78. The Bertz CT molecular complexity index is 975. The van der Waals surface area contributed by atoms with Gasteiger partial charge in [-0.25, -0.2) is 4.98 Å². The van der Waals surface area contributed by atoms with E-state index in [0.717, 1.165) is 24.9 Å². The number of unbranched alkanes of at least 4 members (excludes halogenated alkanes) is 2. The molecule has 2 saturated heterocycles. The molecule has 3 heterocycles. The van der Waals surface area contributed by atoms with Crippen molar-refractivity contribution < 1.29 is 23.8 Å². The highest BCUT2D eigenvalue weighted by Crippen LogP contribution is 2.52. The maximum atomic E-state index is 12.9. The smallest absolute Gasteiger partial charge is 0.324 e. The number of thiazole rings is 1. The summed E-state index contributed by atoms with van der Waals surface area (Å²) in [6.07, 6.45) is 3.28. The molecule has 1 aromatic carbocycles. The van der Waals surface area contributed by atoms with E-state index in [9.17, 15) is 9.59 Å². The molecule has 0 aliphatic carbocycles. The third-order valence-electron chi connectivity index (χ3n) is 6.13. The Labute approximate surface area is 192 Å². The van der Waals surface area contributed by atoms with Crippen molar-refractivity contribution in [3.63, 3.8) is 0 Å². The molecule has 2 aliphatic heterocycles. The molecule has 1 aromatic heterocycles. The topological polar surface area (TPSA) is 86.8 Å². The number of rotatable bonds is 9. The van der Waals surface area contributed by atoms with E-state index in [1.807, 2.05) is 43.5 Å². The van der Waals surface area contributed by atoms with E-state index in [0.29, 0.717) is 24.0 Å². The molecule has 0 radical (unpaired) electrons. The van der Waals surface area contributed by atoms with Crippen LogP contribution in [0.15, 0.2) is 29.6 Å². The molecular formula is C24H30N2O5S. The van der Waals surface area contributed by atoms with E-state index in [1.165, 1.54) is 16.9 Å². The molecule has 0 amide bonds. The van der Waals surface area contributed by atoms with Crippen LogP contribution in [0.3, 0.4) is 0 Å². The Morgan fingerprint density at radius 2 is 2.00 bits per heavy atom. The molecule has 1 N–H and O–H groups in total. The van der Waals surface area contributed by atoms with Crippen LogP contribution < -0.4 is 5.32 Å². The maximum absolute atomic E-state index is 12.9. The predicted octanol–water partition coefficient (Wildman–Crippen LogP) is 4.87. The molecule has 7 nitrogen and oxygen atoms in total. The van der Waals surface area contributed by atoms with E-state index in [2.05, 4.69) is 17.2 Å². The van der Waals surface area contributed by atoms with Crippen LogP contribution in [0.25, 0.3) is 0 Å². The fraction of sp³-hybridized carbons (Fsp3) is 0.542. The van der Waals surface area contributed by atoms with Crippen molar-refractivity contribution in [2.45, 2.75) is 64.6 Å². The van der Waals surface area contributed by atoms with Crippen LogP contribution in [0, 0.1) is 12.3 Å². The van der Waals surface area contributed by atoms with Crippen LogP contribution >= 0.6 is 11.3 Å². The van der Waals surface area contributed by atoms with Crippen LogP contribution in [0.1, 0.15) is 57.2 Å². The van der Waals surface area contributed by atoms with Gasteiger partial charge in [-0.15, -0.1) is 11.3 Å². The van der Waals surface area contributed by atoms with Crippen LogP contribution in [0.4, 0.5) is 10.8 Å². The quantitative estimate of drug-likeness (QED) is 0.326. The van der Waals surface area contributed by atoms with Crippen molar-refractivity contribution in [1.82, 2.24) is 4.98 Å². The molecule has 0 saturated carbocycles. The maximum Gasteiger partial charge on any atom is 0.324 e. The van der Waals surface area contributed by atoms with Crippen molar-refractivity contribution in [3.8, 4) is 0 Å². The molecule has 2 fully saturated rings. The number of hydrogen-bond donors (Lipinski definition) is 1. The number of benzene rings is 1. The van der Waals surface area contributed by atoms with Gasteiger partial charge in [0.25, 0.3) is 0 Å². The molecule has 2 aromatic rings. The average molecular weight is 459 g/mol. The molecule has 0 bridgehead atoms. The highest BCUT2D eigenvalue weighted by atomic mass is 32.1. The average Bonchev–Trinajstić information content (AvgIpc) is 3.42. The van der Waals surface area contributed by atoms with Gasteiger partial charge < -0.3 is 19.5 Å². The van der Waals surface area contributed by atoms with Crippen molar-refractivity contribution in [2.75, 3.05) is 18.5 Å². The number of anilines is 2. The fourth-order valence-electron chi connectivity index (χ4n) is 4.31. The van der Waals surface area contributed by atoms with Gasteiger partial charge in [0.15, 0.2) is 16.1 Å². The summed E-state index contributed by atoms with van der Waals surface area (Å²) in [5, 5.41) is 5.85. The largest absolute Gasteiger partial charge is 0.459 e. The second-order valence-electron chi connectivity index (χ2n) is 8.92. The van der Waals surface area contributed by atoms with Crippen LogP contribution in [0.5, 0.6) is 0 Å². The standard InChI is InChI=1S/C24H30N2O5S/c1-4-5-6-11-29-13-18-12-24(20(27)30-18)15-23(3,31-21(24)28)19-14-32-22(26-19)25-17-9-7-16(2)8-10-17/h7-10,14,18H,4-6,11-13,15H2,1-3H3,(H,25,26). The number of aryl methyl sites for hydroxylation is 1. The Kier molecular flexibility index (Phi) is 6.53. The second-order valence-corrected chi connectivity index (χ2v) is 9.78. The minimum absolute atomic E-state index is 0.220.